The number of nitrogens with zero attached hydrogens (tertiary/aromatic N) is 2. The number of rotatable bonds is 6. The van der Waals surface area contributed by atoms with Crippen LogP contribution >= 0.6 is 0 Å². The van der Waals surface area contributed by atoms with Crippen LogP contribution in [0.3, 0.4) is 0 Å². The van der Waals surface area contributed by atoms with E-state index in [1.54, 1.807) is 0 Å². The van der Waals surface area contributed by atoms with Gasteiger partial charge in [-0.1, -0.05) is 18.2 Å². The van der Waals surface area contributed by atoms with Gasteiger partial charge in [-0.3, -0.25) is 4.99 Å². The molecular formula is C14H20N2O4. The maximum atomic E-state index is 9.09. The molecular weight excluding hydrogens is 260 g/mol. The predicted molar refractivity (Wildman–Crippen MR) is 75.4 cm³/mol. The van der Waals surface area contributed by atoms with Gasteiger partial charge in [0.25, 0.3) is 0 Å². The molecule has 0 amide bonds. The van der Waals surface area contributed by atoms with E-state index in [9.17, 15) is 0 Å². The van der Waals surface area contributed by atoms with E-state index in [2.05, 4.69) is 14.8 Å². The molecule has 0 aliphatic carbocycles. The summed E-state index contributed by atoms with van der Waals surface area (Å²) in [6.45, 7) is 3.95. The summed E-state index contributed by atoms with van der Waals surface area (Å²) in [4.78, 5) is 16.4. The van der Waals surface area contributed by atoms with Crippen LogP contribution in [0.4, 0.5) is 5.69 Å². The molecule has 2 rings (SSSR count). The molecule has 0 saturated carbocycles. The maximum absolute atomic E-state index is 9.09. The third-order valence-corrected chi connectivity index (χ3v) is 3.20. The quantitative estimate of drug-likeness (QED) is 0.461. The minimum atomic E-state index is -1.32. The van der Waals surface area contributed by atoms with Gasteiger partial charge in [-0.15, -0.1) is 0 Å². The molecule has 0 spiro atoms. The Labute approximate surface area is 118 Å². The van der Waals surface area contributed by atoms with Gasteiger partial charge in [-0.05, 0) is 26.0 Å². The number of hydrogen-bond acceptors (Lipinski definition) is 6. The van der Waals surface area contributed by atoms with E-state index in [0.29, 0.717) is 6.54 Å². The predicted octanol–water partition coefficient (Wildman–Crippen LogP) is 0.941. The van der Waals surface area contributed by atoms with E-state index >= 15 is 0 Å². The molecule has 0 aromatic heterocycles. The summed E-state index contributed by atoms with van der Waals surface area (Å²) in [5.74, 6) is 0.916. The van der Waals surface area contributed by atoms with Gasteiger partial charge in [-0.25, -0.2) is 9.78 Å². The number of aliphatic imine (C=N–C) groups is 1. The first-order valence-corrected chi connectivity index (χ1v) is 6.60. The van der Waals surface area contributed by atoms with Crippen LogP contribution in [0, 0.1) is 0 Å². The van der Waals surface area contributed by atoms with Gasteiger partial charge in [0.2, 0.25) is 6.29 Å². The van der Waals surface area contributed by atoms with Crippen molar-refractivity contribution in [1.29, 1.82) is 0 Å². The Balaban J connectivity index is 1.93. The van der Waals surface area contributed by atoms with Crippen molar-refractivity contribution in [1.82, 2.24) is 0 Å². The summed E-state index contributed by atoms with van der Waals surface area (Å²) in [6.07, 6.45) is -1.64. The molecule has 1 aliphatic rings. The van der Waals surface area contributed by atoms with Gasteiger partial charge in [0, 0.05) is 12.2 Å². The van der Waals surface area contributed by atoms with Crippen LogP contribution in [0.5, 0.6) is 0 Å². The first-order chi connectivity index (χ1) is 9.61. The Morgan fingerprint density at radius 2 is 2.05 bits per heavy atom. The van der Waals surface area contributed by atoms with Crippen LogP contribution in [-0.2, 0) is 9.78 Å². The van der Waals surface area contributed by atoms with Crippen LogP contribution in [0.15, 0.2) is 35.3 Å². The molecule has 0 saturated heterocycles. The second-order valence-electron chi connectivity index (χ2n) is 4.72. The number of aliphatic hydroxyl groups is 2. The molecule has 6 heteroatoms. The second kappa shape index (κ2) is 6.81. The zero-order valence-corrected chi connectivity index (χ0v) is 11.6. The molecule has 1 aromatic carbocycles. The summed E-state index contributed by atoms with van der Waals surface area (Å²) >= 11 is 0. The number of anilines is 1. The first-order valence-electron chi connectivity index (χ1n) is 6.60. The molecule has 3 unspecified atom stereocenters. The SMILES string of the molecule is CC1=NC(C(C)OOC(O)CO)CN1c1ccccc1. The number of amidine groups is 1. The third kappa shape index (κ3) is 3.55. The van der Waals surface area contributed by atoms with Crippen molar-refractivity contribution in [3.05, 3.63) is 30.3 Å². The molecule has 1 heterocycles. The smallest absolute Gasteiger partial charge is 0.212 e. The van der Waals surface area contributed by atoms with E-state index in [1.807, 2.05) is 44.2 Å². The molecule has 1 aliphatic heterocycles. The van der Waals surface area contributed by atoms with E-state index in [0.717, 1.165) is 11.5 Å². The highest BCUT2D eigenvalue weighted by Gasteiger charge is 2.29. The third-order valence-electron chi connectivity index (χ3n) is 3.20. The second-order valence-corrected chi connectivity index (χ2v) is 4.72. The average molecular weight is 280 g/mol. The maximum Gasteiger partial charge on any atom is 0.212 e. The van der Waals surface area contributed by atoms with Crippen LogP contribution in [0.2, 0.25) is 0 Å². The largest absolute Gasteiger partial charge is 0.391 e. The van der Waals surface area contributed by atoms with Crippen molar-refractivity contribution >= 4 is 11.5 Å². The molecule has 6 nitrogen and oxygen atoms in total. The highest BCUT2D eigenvalue weighted by molar-refractivity contribution is 5.97. The van der Waals surface area contributed by atoms with Gasteiger partial charge < -0.3 is 15.1 Å². The fourth-order valence-electron chi connectivity index (χ4n) is 2.07. The number of benzene rings is 1. The van der Waals surface area contributed by atoms with Gasteiger partial charge in [0.15, 0.2) is 0 Å². The lowest BCUT2D eigenvalue weighted by Gasteiger charge is -2.21. The summed E-state index contributed by atoms with van der Waals surface area (Å²) < 4.78 is 0. The topological polar surface area (TPSA) is 74.5 Å². The lowest BCUT2D eigenvalue weighted by molar-refractivity contribution is -0.394. The normalized spacial score (nSPS) is 21.7. The lowest BCUT2D eigenvalue weighted by Crippen LogP contribution is -2.34. The zero-order chi connectivity index (χ0) is 14.5. The summed E-state index contributed by atoms with van der Waals surface area (Å²) in [5.41, 5.74) is 1.08. The van der Waals surface area contributed by atoms with Crippen LogP contribution in [0.1, 0.15) is 13.8 Å². The zero-order valence-electron chi connectivity index (χ0n) is 11.6. The highest BCUT2D eigenvalue weighted by atomic mass is 17.2. The Bertz CT molecular complexity index is 452. The molecule has 1 aromatic rings. The first kappa shape index (κ1) is 14.9. The van der Waals surface area contributed by atoms with Crippen molar-refractivity contribution in [2.45, 2.75) is 32.3 Å². The van der Waals surface area contributed by atoms with Gasteiger partial charge >= 0.3 is 0 Å². The van der Waals surface area contributed by atoms with Crippen molar-refractivity contribution in [2.75, 3.05) is 18.1 Å². The standard InChI is InChI=1S/C14H20N2O4/c1-10(19-20-14(18)9-17)13-8-16(11(2)15-13)12-6-4-3-5-7-12/h3-7,10,13-14,17-18H,8-9H2,1-2H3. The van der Waals surface area contributed by atoms with Gasteiger partial charge in [0.1, 0.15) is 11.9 Å². The summed E-state index contributed by atoms with van der Waals surface area (Å²) in [5, 5.41) is 17.7. The van der Waals surface area contributed by atoms with Crippen molar-refractivity contribution < 1.29 is 20.0 Å². The van der Waals surface area contributed by atoms with Crippen molar-refractivity contribution in [3.63, 3.8) is 0 Å². The minimum Gasteiger partial charge on any atom is -0.391 e. The molecule has 2 N–H and O–H groups in total. The van der Waals surface area contributed by atoms with Crippen LogP contribution < -0.4 is 4.90 Å². The fourth-order valence-corrected chi connectivity index (χ4v) is 2.07. The van der Waals surface area contributed by atoms with Crippen LogP contribution in [0.25, 0.3) is 0 Å². The average Bonchev–Trinajstić information content (AvgIpc) is 2.87. The fraction of sp³-hybridized carbons (Fsp3) is 0.500. The molecule has 20 heavy (non-hydrogen) atoms. The van der Waals surface area contributed by atoms with Gasteiger partial charge in [-0.2, -0.15) is 0 Å². The monoisotopic (exact) mass is 280 g/mol. The summed E-state index contributed by atoms with van der Waals surface area (Å²) in [6, 6.07) is 9.91. The van der Waals surface area contributed by atoms with Crippen molar-refractivity contribution in [3.8, 4) is 0 Å². The van der Waals surface area contributed by atoms with E-state index in [-0.39, 0.29) is 12.1 Å². The molecule has 110 valence electrons. The Morgan fingerprint density at radius 3 is 2.70 bits per heavy atom. The van der Waals surface area contributed by atoms with E-state index < -0.39 is 12.9 Å². The highest BCUT2D eigenvalue weighted by Crippen LogP contribution is 2.22. The van der Waals surface area contributed by atoms with Crippen LogP contribution in [-0.4, -0.2) is 47.6 Å². The molecule has 3 atom stereocenters. The van der Waals surface area contributed by atoms with Crippen molar-refractivity contribution in [2.24, 2.45) is 4.99 Å². The molecule has 0 fully saturated rings. The minimum absolute atomic E-state index is 0.0823. The Hall–Kier alpha value is -1.47. The lowest BCUT2D eigenvalue weighted by atomic mass is 10.2. The van der Waals surface area contributed by atoms with E-state index in [4.69, 9.17) is 15.1 Å². The Kier molecular flexibility index (Phi) is 5.08. The molecule has 0 radical (unpaired) electrons. The molecule has 0 bridgehead atoms. The summed E-state index contributed by atoms with van der Waals surface area (Å²) in [7, 11) is 0. The number of hydrogen-bond donors (Lipinski definition) is 2. The number of para-hydroxylation sites is 1. The Morgan fingerprint density at radius 1 is 1.35 bits per heavy atom. The van der Waals surface area contributed by atoms with Gasteiger partial charge in [0.05, 0.1) is 12.6 Å². The van der Waals surface area contributed by atoms with E-state index in [1.165, 1.54) is 0 Å². The number of aliphatic hydroxyl groups excluding tert-OH is 2.